The maximum Gasteiger partial charge on any atom is 0.342 e. The quantitative estimate of drug-likeness (QED) is 0.382. The second-order valence-corrected chi connectivity index (χ2v) is 2.56. The summed E-state index contributed by atoms with van der Waals surface area (Å²) in [4.78, 5) is 10.9. The van der Waals surface area contributed by atoms with Crippen LogP contribution in [0.4, 0.5) is 0 Å². The van der Waals surface area contributed by atoms with Crippen LogP contribution in [0.25, 0.3) is 0 Å². The van der Waals surface area contributed by atoms with Crippen molar-refractivity contribution in [2.24, 2.45) is 0 Å². The van der Waals surface area contributed by atoms with Crippen molar-refractivity contribution in [3.63, 3.8) is 0 Å². The first-order valence-electron chi connectivity index (χ1n) is 3.31. The van der Waals surface area contributed by atoms with Gasteiger partial charge in [0.1, 0.15) is 6.10 Å². The molecule has 0 bridgehead atoms. The van der Waals surface area contributed by atoms with Gasteiger partial charge in [0.25, 0.3) is 0 Å². The van der Waals surface area contributed by atoms with Gasteiger partial charge in [-0.15, -0.1) is 0 Å². The van der Waals surface area contributed by atoms with E-state index in [-0.39, 0.29) is 13.1 Å². The highest BCUT2D eigenvalue weighted by atomic mass is 16.5. The zero-order chi connectivity index (χ0) is 8.48. The summed E-state index contributed by atoms with van der Waals surface area (Å²) in [5.74, 6) is -0.796. The summed E-state index contributed by atoms with van der Waals surface area (Å²) in [6.45, 7) is 0.256. The Morgan fingerprint density at radius 2 is 2.45 bits per heavy atom. The maximum absolute atomic E-state index is 10.9. The normalized spacial score (nSPS) is 37.2. The first kappa shape index (κ1) is 8.45. The minimum atomic E-state index is -1.76. The molecular weight excluding hydrogens is 150 g/mol. The molecule has 2 atom stereocenters. The number of nitrogens with one attached hydrogen (secondary N) is 1. The second-order valence-electron chi connectivity index (χ2n) is 2.56. The lowest BCUT2D eigenvalue weighted by atomic mass is 10.0. The van der Waals surface area contributed by atoms with Crippen LogP contribution < -0.4 is 5.32 Å². The minimum Gasteiger partial charge on any atom is -0.467 e. The predicted octanol–water partition coefficient (Wildman–Crippen LogP) is -2.15. The molecular formula is C6H11NO4. The lowest BCUT2D eigenvalue weighted by Crippen LogP contribution is -2.49. The molecule has 11 heavy (non-hydrogen) atoms. The summed E-state index contributed by atoms with van der Waals surface area (Å²) in [5.41, 5.74) is -1.76. The van der Waals surface area contributed by atoms with Gasteiger partial charge in [-0.25, -0.2) is 4.79 Å². The van der Waals surface area contributed by atoms with E-state index in [2.05, 4.69) is 10.1 Å². The van der Waals surface area contributed by atoms with E-state index < -0.39 is 17.7 Å². The molecule has 1 heterocycles. The molecule has 0 unspecified atom stereocenters. The number of aliphatic hydroxyl groups is 2. The molecule has 5 nitrogen and oxygen atoms in total. The Kier molecular flexibility index (Phi) is 2.12. The lowest BCUT2D eigenvalue weighted by molar-refractivity contribution is -0.168. The summed E-state index contributed by atoms with van der Waals surface area (Å²) in [6, 6.07) is 0. The Morgan fingerprint density at radius 1 is 1.82 bits per heavy atom. The maximum atomic E-state index is 10.9. The van der Waals surface area contributed by atoms with Crippen molar-refractivity contribution in [3.05, 3.63) is 0 Å². The molecule has 1 saturated heterocycles. The topological polar surface area (TPSA) is 78.8 Å². The number of hydrogen-bond donors (Lipinski definition) is 3. The van der Waals surface area contributed by atoms with E-state index in [4.69, 9.17) is 5.11 Å². The molecule has 0 amide bonds. The van der Waals surface area contributed by atoms with Crippen molar-refractivity contribution in [1.82, 2.24) is 5.32 Å². The first-order chi connectivity index (χ1) is 5.11. The van der Waals surface area contributed by atoms with Crippen molar-refractivity contribution >= 4 is 5.97 Å². The Hall–Kier alpha value is -0.650. The highest BCUT2D eigenvalue weighted by Gasteiger charge is 2.48. The van der Waals surface area contributed by atoms with Crippen molar-refractivity contribution in [2.75, 3.05) is 20.2 Å². The van der Waals surface area contributed by atoms with Crippen LogP contribution in [0.3, 0.4) is 0 Å². The van der Waals surface area contributed by atoms with E-state index in [0.29, 0.717) is 0 Å². The number of carbonyl (C=O) groups excluding carboxylic acids is 1. The summed E-state index contributed by atoms with van der Waals surface area (Å²) < 4.78 is 4.32. The van der Waals surface area contributed by atoms with Crippen molar-refractivity contribution in [3.8, 4) is 0 Å². The molecule has 1 fully saturated rings. The van der Waals surface area contributed by atoms with Crippen LogP contribution in [0, 0.1) is 0 Å². The van der Waals surface area contributed by atoms with Crippen LogP contribution in [0.1, 0.15) is 0 Å². The highest BCUT2D eigenvalue weighted by molar-refractivity contribution is 5.80. The summed E-state index contributed by atoms with van der Waals surface area (Å²) in [7, 11) is 1.17. The third-order valence-corrected chi connectivity index (χ3v) is 1.82. The fourth-order valence-corrected chi connectivity index (χ4v) is 1.07. The van der Waals surface area contributed by atoms with Gasteiger partial charge in [0.2, 0.25) is 5.60 Å². The van der Waals surface area contributed by atoms with Gasteiger partial charge in [0.05, 0.1) is 7.11 Å². The smallest absolute Gasteiger partial charge is 0.342 e. The van der Waals surface area contributed by atoms with Gasteiger partial charge < -0.3 is 20.3 Å². The largest absolute Gasteiger partial charge is 0.467 e. The third kappa shape index (κ3) is 1.22. The van der Waals surface area contributed by atoms with Crippen LogP contribution in [-0.2, 0) is 9.53 Å². The standard InChI is InChI=1S/C6H11NO4/c1-11-5(9)6(10)3-7-2-4(6)8/h4,7-8,10H,2-3H2,1H3/t4-,6+/m0/s1. The number of esters is 1. The lowest BCUT2D eigenvalue weighted by Gasteiger charge is -2.21. The van der Waals surface area contributed by atoms with Gasteiger partial charge in [-0.2, -0.15) is 0 Å². The van der Waals surface area contributed by atoms with Crippen LogP contribution in [0.5, 0.6) is 0 Å². The molecule has 0 aromatic heterocycles. The van der Waals surface area contributed by atoms with Crippen molar-refractivity contribution in [1.29, 1.82) is 0 Å². The van der Waals surface area contributed by atoms with E-state index in [1.807, 2.05) is 0 Å². The number of carbonyl (C=O) groups is 1. The number of ether oxygens (including phenoxy) is 1. The van der Waals surface area contributed by atoms with E-state index in [1.165, 1.54) is 7.11 Å². The Bertz CT molecular complexity index is 172. The molecule has 0 aromatic rings. The Balaban J connectivity index is 2.72. The SMILES string of the molecule is COC(=O)[C@@]1(O)CNC[C@@H]1O. The number of methoxy groups -OCH3 is 1. The average molecular weight is 161 g/mol. The molecule has 1 aliphatic rings. The number of hydrogen-bond acceptors (Lipinski definition) is 5. The molecule has 64 valence electrons. The van der Waals surface area contributed by atoms with E-state index in [1.54, 1.807) is 0 Å². The highest BCUT2D eigenvalue weighted by Crippen LogP contribution is 2.16. The zero-order valence-electron chi connectivity index (χ0n) is 6.20. The molecule has 0 saturated carbocycles. The van der Waals surface area contributed by atoms with E-state index in [9.17, 15) is 9.90 Å². The fraction of sp³-hybridized carbons (Fsp3) is 0.833. The van der Waals surface area contributed by atoms with Crippen LogP contribution in [0.2, 0.25) is 0 Å². The van der Waals surface area contributed by atoms with Crippen molar-refractivity contribution in [2.45, 2.75) is 11.7 Å². The van der Waals surface area contributed by atoms with Crippen molar-refractivity contribution < 1.29 is 19.7 Å². The Morgan fingerprint density at radius 3 is 2.82 bits per heavy atom. The molecule has 0 radical (unpaired) electrons. The van der Waals surface area contributed by atoms with Gasteiger partial charge in [0.15, 0.2) is 0 Å². The van der Waals surface area contributed by atoms with Gasteiger partial charge in [-0.3, -0.25) is 0 Å². The molecule has 0 aliphatic carbocycles. The van der Waals surface area contributed by atoms with Crippen LogP contribution in [0.15, 0.2) is 0 Å². The van der Waals surface area contributed by atoms with Gasteiger partial charge in [-0.1, -0.05) is 0 Å². The fourth-order valence-electron chi connectivity index (χ4n) is 1.07. The Labute approximate surface area is 64.0 Å². The van der Waals surface area contributed by atoms with Gasteiger partial charge >= 0.3 is 5.97 Å². The van der Waals surface area contributed by atoms with Gasteiger partial charge in [0, 0.05) is 13.1 Å². The molecule has 5 heteroatoms. The van der Waals surface area contributed by atoms with Gasteiger partial charge in [-0.05, 0) is 0 Å². The number of rotatable bonds is 1. The van der Waals surface area contributed by atoms with Crippen LogP contribution in [-0.4, -0.2) is 48.1 Å². The third-order valence-electron chi connectivity index (χ3n) is 1.82. The monoisotopic (exact) mass is 161 g/mol. The summed E-state index contributed by atoms with van der Waals surface area (Å²) in [6.07, 6.45) is -1.07. The molecule has 1 aliphatic heterocycles. The van der Waals surface area contributed by atoms with Crippen LogP contribution >= 0.6 is 0 Å². The molecule has 0 spiro atoms. The first-order valence-corrected chi connectivity index (χ1v) is 3.31. The van der Waals surface area contributed by atoms with E-state index in [0.717, 1.165) is 0 Å². The number of β-amino-alcohol motifs (C(OH)–C–C–N with tert-alkyl or cyclic N) is 2. The second kappa shape index (κ2) is 2.77. The number of aliphatic hydroxyl groups excluding tert-OH is 1. The average Bonchev–Trinajstić information content (AvgIpc) is 2.32. The summed E-state index contributed by atoms with van der Waals surface area (Å²) >= 11 is 0. The summed E-state index contributed by atoms with van der Waals surface area (Å²) in [5, 5.41) is 21.3. The molecule has 1 rings (SSSR count). The predicted molar refractivity (Wildman–Crippen MR) is 35.8 cm³/mol. The molecule has 0 aromatic carbocycles. The minimum absolute atomic E-state index is 0.0425. The molecule has 3 N–H and O–H groups in total. The zero-order valence-corrected chi connectivity index (χ0v) is 6.20. The van der Waals surface area contributed by atoms with E-state index >= 15 is 0 Å².